The molecular formula is C15H20FN3. The molecule has 0 bridgehead atoms. The van der Waals surface area contributed by atoms with E-state index in [1.165, 1.54) is 12.1 Å². The van der Waals surface area contributed by atoms with Gasteiger partial charge in [0.05, 0.1) is 11.6 Å². The van der Waals surface area contributed by atoms with Crippen LogP contribution in [-0.2, 0) is 6.54 Å². The molecule has 0 radical (unpaired) electrons. The third-order valence-electron chi connectivity index (χ3n) is 3.93. The van der Waals surface area contributed by atoms with Crippen LogP contribution in [0.4, 0.5) is 4.39 Å². The van der Waals surface area contributed by atoms with Gasteiger partial charge >= 0.3 is 0 Å². The van der Waals surface area contributed by atoms with Crippen LogP contribution < -0.4 is 0 Å². The van der Waals surface area contributed by atoms with Crippen molar-refractivity contribution in [3.05, 3.63) is 35.1 Å². The van der Waals surface area contributed by atoms with E-state index in [2.05, 4.69) is 30.7 Å². The Kier molecular flexibility index (Phi) is 4.18. The SMILES string of the molecule is CC1CN(Cc2cc(F)cc(C#N)c2)CC(C)N1C. The Balaban J connectivity index is 2.09. The molecule has 0 N–H and O–H groups in total. The molecule has 0 aromatic heterocycles. The maximum absolute atomic E-state index is 13.4. The Bertz CT molecular complexity index is 483. The van der Waals surface area contributed by atoms with Gasteiger partial charge in [-0.05, 0) is 44.7 Å². The third-order valence-corrected chi connectivity index (χ3v) is 3.93. The first-order valence-electron chi connectivity index (χ1n) is 6.63. The summed E-state index contributed by atoms with van der Waals surface area (Å²) in [4.78, 5) is 4.69. The Morgan fingerprint density at radius 3 is 2.47 bits per heavy atom. The molecule has 1 saturated heterocycles. The number of piperazine rings is 1. The second-order valence-corrected chi connectivity index (χ2v) is 5.52. The molecule has 0 amide bonds. The lowest BCUT2D eigenvalue weighted by molar-refractivity contribution is 0.0556. The number of likely N-dealkylation sites (N-methyl/N-ethyl adjacent to an activating group) is 1. The molecule has 1 aliphatic heterocycles. The Hall–Kier alpha value is -1.44. The molecular weight excluding hydrogens is 241 g/mol. The lowest BCUT2D eigenvalue weighted by Gasteiger charge is -2.42. The van der Waals surface area contributed by atoms with Gasteiger partial charge in [-0.1, -0.05) is 0 Å². The van der Waals surface area contributed by atoms with E-state index in [1.54, 1.807) is 6.07 Å². The summed E-state index contributed by atoms with van der Waals surface area (Å²) in [5.74, 6) is -0.329. The topological polar surface area (TPSA) is 30.3 Å². The maximum Gasteiger partial charge on any atom is 0.124 e. The van der Waals surface area contributed by atoms with Gasteiger partial charge in [-0.3, -0.25) is 9.80 Å². The minimum absolute atomic E-state index is 0.329. The lowest BCUT2D eigenvalue weighted by Crippen LogP contribution is -2.54. The van der Waals surface area contributed by atoms with Crippen molar-refractivity contribution in [2.45, 2.75) is 32.5 Å². The monoisotopic (exact) mass is 261 g/mol. The van der Waals surface area contributed by atoms with E-state index in [9.17, 15) is 4.39 Å². The van der Waals surface area contributed by atoms with E-state index < -0.39 is 0 Å². The fraction of sp³-hybridized carbons (Fsp3) is 0.533. The largest absolute Gasteiger partial charge is 0.298 e. The molecule has 2 rings (SSSR count). The average molecular weight is 261 g/mol. The van der Waals surface area contributed by atoms with E-state index in [0.717, 1.165) is 18.7 Å². The quantitative estimate of drug-likeness (QED) is 0.817. The molecule has 0 spiro atoms. The molecule has 4 heteroatoms. The van der Waals surface area contributed by atoms with Crippen molar-refractivity contribution in [2.24, 2.45) is 0 Å². The predicted octanol–water partition coefficient (Wildman–Crippen LogP) is 2.22. The second-order valence-electron chi connectivity index (χ2n) is 5.52. The number of hydrogen-bond acceptors (Lipinski definition) is 3. The average Bonchev–Trinajstić information content (AvgIpc) is 2.35. The summed E-state index contributed by atoms with van der Waals surface area (Å²) in [6, 6.07) is 7.56. The third kappa shape index (κ3) is 3.31. The van der Waals surface area contributed by atoms with E-state index in [4.69, 9.17) is 5.26 Å². The minimum atomic E-state index is -0.329. The van der Waals surface area contributed by atoms with Gasteiger partial charge in [0.25, 0.3) is 0 Å². The molecule has 102 valence electrons. The van der Waals surface area contributed by atoms with Crippen LogP contribution in [0.5, 0.6) is 0 Å². The molecule has 3 nitrogen and oxygen atoms in total. The smallest absolute Gasteiger partial charge is 0.124 e. The van der Waals surface area contributed by atoms with Crippen LogP contribution in [-0.4, -0.2) is 42.0 Å². The standard InChI is InChI=1S/C15H20FN3/c1-11-8-19(9-12(2)18(11)3)10-14-4-13(7-17)5-15(16)6-14/h4-6,11-12H,8-10H2,1-3H3. The van der Waals surface area contributed by atoms with Crippen LogP contribution in [0.25, 0.3) is 0 Å². The number of halogens is 1. The molecule has 1 aromatic carbocycles. The van der Waals surface area contributed by atoms with Crippen LogP contribution in [0.3, 0.4) is 0 Å². The molecule has 0 aliphatic carbocycles. The van der Waals surface area contributed by atoms with Crippen molar-refractivity contribution in [1.82, 2.24) is 9.80 Å². The highest BCUT2D eigenvalue weighted by molar-refractivity contribution is 5.33. The zero-order chi connectivity index (χ0) is 14.0. The molecule has 2 atom stereocenters. The van der Waals surface area contributed by atoms with Crippen LogP contribution in [0.15, 0.2) is 18.2 Å². The van der Waals surface area contributed by atoms with Gasteiger partial charge in [0.1, 0.15) is 5.82 Å². The van der Waals surface area contributed by atoms with Crippen LogP contribution in [0.1, 0.15) is 25.0 Å². The molecule has 1 fully saturated rings. The Morgan fingerprint density at radius 1 is 1.26 bits per heavy atom. The van der Waals surface area contributed by atoms with Crippen LogP contribution in [0, 0.1) is 17.1 Å². The maximum atomic E-state index is 13.4. The number of benzene rings is 1. The summed E-state index contributed by atoms with van der Waals surface area (Å²) in [5.41, 5.74) is 1.27. The van der Waals surface area contributed by atoms with E-state index >= 15 is 0 Å². The Morgan fingerprint density at radius 2 is 1.89 bits per heavy atom. The van der Waals surface area contributed by atoms with Gasteiger partial charge in [0.2, 0.25) is 0 Å². The normalized spacial score (nSPS) is 25.2. The number of rotatable bonds is 2. The van der Waals surface area contributed by atoms with E-state index in [-0.39, 0.29) is 5.82 Å². The van der Waals surface area contributed by atoms with Gasteiger partial charge in [0, 0.05) is 31.7 Å². The zero-order valence-corrected chi connectivity index (χ0v) is 11.7. The highest BCUT2D eigenvalue weighted by Crippen LogP contribution is 2.17. The summed E-state index contributed by atoms with van der Waals surface area (Å²) in [6.07, 6.45) is 0. The zero-order valence-electron chi connectivity index (χ0n) is 11.7. The Labute approximate surface area is 114 Å². The van der Waals surface area contributed by atoms with Crippen molar-refractivity contribution in [3.63, 3.8) is 0 Å². The van der Waals surface area contributed by atoms with Crippen molar-refractivity contribution in [2.75, 3.05) is 20.1 Å². The number of nitriles is 1. The minimum Gasteiger partial charge on any atom is -0.298 e. The highest BCUT2D eigenvalue weighted by Gasteiger charge is 2.26. The van der Waals surface area contributed by atoms with Crippen molar-refractivity contribution < 1.29 is 4.39 Å². The van der Waals surface area contributed by atoms with E-state index in [0.29, 0.717) is 24.2 Å². The lowest BCUT2D eigenvalue weighted by atomic mass is 10.1. The molecule has 1 aromatic rings. The van der Waals surface area contributed by atoms with Gasteiger partial charge in [-0.2, -0.15) is 5.26 Å². The van der Waals surface area contributed by atoms with E-state index in [1.807, 2.05) is 6.07 Å². The summed E-state index contributed by atoms with van der Waals surface area (Å²) >= 11 is 0. The highest BCUT2D eigenvalue weighted by atomic mass is 19.1. The first-order chi connectivity index (χ1) is 8.99. The van der Waals surface area contributed by atoms with Gasteiger partial charge in [-0.15, -0.1) is 0 Å². The summed E-state index contributed by atoms with van der Waals surface area (Å²) in [7, 11) is 2.14. The van der Waals surface area contributed by atoms with Crippen LogP contribution in [0.2, 0.25) is 0 Å². The fourth-order valence-corrected chi connectivity index (χ4v) is 2.71. The second kappa shape index (κ2) is 5.68. The molecule has 19 heavy (non-hydrogen) atoms. The van der Waals surface area contributed by atoms with Gasteiger partial charge < -0.3 is 0 Å². The molecule has 0 saturated carbocycles. The fourth-order valence-electron chi connectivity index (χ4n) is 2.71. The van der Waals surface area contributed by atoms with Crippen molar-refractivity contribution in [3.8, 4) is 6.07 Å². The van der Waals surface area contributed by atoms with Gasteiger partial charge in [-0.25, -0.2) is 4.39 Å². The first-order valence-corrected chi connectivity index (χ1v) is 6.63. The number of nitrogens with zero attached hydrogens (tertiary/aromatic N) is 3. The first kappa shape index (κ1) is 14.0. The van der Waals surface area contributed by atoms with Crippen molar-refractivity contribution in [1.29, 1.82) is 5.26 Å². The molecule has 1 aliphatic rings. The van der Waals surface area contributed by atoms with Crippen molar-refractivity contribution >= 4 is 0 Å². The van der Waals surface area contributed by atoms with Crippen LogP contribution >= 0.6 is 0 Å². The number of hydrogen-bond donors (Lipinski definition) is 0. The summed E-state index contributed by atoms with van der Waals surface area (Å²) < 4.78 is 13.4. The molecule has 1 heterocycles. The summed E-state index contributed by atoms with van der Waals surface area (Å²) in [5, 5.41) is 8.87. The predicted molar refractivity (Wildman–Crippen MR) is 73.1 cm³/mol. The molecule has 2 unspecified atom stereocenters. The summed E-state index contributed by atoms with van der Waals surface area (Å²) in [6.45, 7) is 7.05. The van der Waals surface area contributed by atoms with Gasteiger partial charge in [0.15, 0.2) is 0 Å².